The van der Waals surface area contributed by atoms with Crippen LogP contribution in [0.2, 0.25) is 0 Å². The molecule has 0 radical (unpaired) electrons. The highest BCUT2D eigenvalue weighted by molar-refractivity contribution is 5.98. The number of non-ortho nitro benzene ring substituents is 1. The van der Waals surface area contributed by atoms with Crippen LogP contribution in [-0.4, -0.2) is 35.4 Å². The zero-order valence-electron chi connectivity index (χ0n) is 16.0. The van der Waals surface area contributed by atoms with E-state index in [0.717, 1.165) is 6.07 Å². The number of hydrogen-bond acceptors (Lipinski definition) is 6. The SMILES string of the molecule is CCOC(=O)C[C@@H](c1ccc([N+](=O)[O-])cc1)[C@H](NC(=O)c1ccccc1F)C(N)=O. The zero-order chi connectivity index (χ0) is 22.3. The molecule has 0 bridgehead atoms. The number of rotatable bonds is 9. The fourth-order valence-corrected chi connectivity index (χ4v) is 2.91. The molecule has 2 aromatic carbocycles. The van der Waals surface area contributed by atoms with Crippen LogP contribution in [0.3, 0.4) is 0 Å². The Hall–Kier alpha value is -3.82. The first-order valence-corrected chi connectivity index (χ1v) is 8.99. The van der Waals surface area contributed by atoms with Gasteiger partial charge < -0.3 is 15.8 Å². The van der Waals surface area contributed by atoms with E-state index in [1.54, 1.807) is 6.92 Å². The van der Waals surface area contributed by atoms with E-state index >= 15 is 0 Å². The largest absolute Gasteiger partial charge is 0.466 e. The van der Waals surface area contributed by atoms with Crippen LogP contribution in [0.5, 0.6) is 0 Å². The topological polar surface area (TPSA) is 142 Å². The fraction of sp³-hybridized carbons (Fsp3) is 0.250. The number of hydrogen-bond donors (Lipinski definition) is 2. The maximum Gasteiger partial charge on any atom is 0.306 e. The molecule has 0 heterocycles. The van der Waals surface area contributed by atoms with Crippen molar-refractivity contribution in [3.8, 4) is 0 Å². The van der Waals surface area contributed by atoms with Gasteiger partial charge in [0.15, 0.2) is 0 Å². The zero-order valence-corrected chi connectivity index (χ0v) is 16.0. The number of nitrogens with two attached hydrogens (primary N) is 1. The predicted octanol–water partition coefficient (Wildman–Crippen LogP) is 2.05. The second kappa shape index (κ2) is 10.1. The van der Waals surface area contributed by atoms with Crippen molar-refractivity contribution in [3.05, 3.63) is 75.6 Å². The molecule has 0 spiro atoms. The minimum absolute atomic E-state index is 0.0919. The van der Waals surface area contributed by atoms with Crippen LogP contribution in [0.4, 0.5) is 10.1 Å². The van der Waals surface area contributed by atoms with Crippen molar-refractivity contribution >= 4 is 23.5 Å². The summed E-state index contributed by atoms with van der Waals surface area (Å²) in [5.74, 6) is -4.30. The van der Waals surface area contributed by atoms with Gasteiger partial charge in [0.25, 0.3) is 11.6 Å². The highest BCUT2D eigenvalue weighted by Crippen LogP contribution is 2.27. The number of benzene rings is 2. The predicted molar refractivity (Wildman–Crippen MR) is 104 cm³/mol. The van der Waals surface area contributed by atoms with Gasteiger partial charge in [-0.3, -0.25) is 24.5 Å². The highest BCUT2D eigenvalue weighted by atomic mass is 19.1. The lowest BCUT2D eigenvalue weighted by Crippen LogP contribution is -2.49. The number of carbonyl (C=O) groups excluding carboxylic acids is 3. The van der Waals surface area contributed by atoms with Crippen LogP contribution in [-0.2, 0) is 14.3 Å². The van der Waals surface area contributed by atoms with Gasteiger partial charge in [0.1, 0.15) is 11.9 Å². The lowest BCUT2D eigenvalue weighted by molar-refractivity contribution is -0.384. The van der Waals surface area contributed by atoms with Crippen molar-refractivity contribution in [2.75, 3.05) is 6.61 Å². The summed E-state index contributed by atoms with van der Waals surface area (Å²) in [5, 5.41) is 13.2. The average Bonchev–Trinajstić information content (AvgIpc) is 2.70. The third-order valence-electron chi connectivity index (χ3n) is 4.34. The average molecular weight is 417 g/mol. The van der Waals surface area contributed by atoms with Gasteiger partial charge in [-0.2, -0.15) is 0 Å². The van der Waals surface area contributed by atoms with Crippen LogP contribution in [0.25, 0.3) is 0 Å². The monoisotopic (exact) mass is 417 g/mol. The smallest absolute Gasteiger partial charge is 0.306 e. The quantitative estimate of drug-likeness (QED) is 0.363. The van der Waals surface area contributed by atoms with Gasteiger partial charge in [0.05, 0.1) is 23.5 Å². The molecule has 0 aromatic heterocycles. The molecule has 0 aliphatic heterocycles. The van der Waals surface area contributed by atoms with Gasteiger partial charge in [-0.15, -0.1) is 0 Å². The number of nitro groups is 1. The fourth-order valence-electron chi connectivity index (χ4n) is 2.91. The Balaban J connectivity index is 2.39. The molecular weight excluding hydrogens is 397 g/mol. The minimum Gasteiger partial charge on any atom is -0.466 e. The molecule has 0 saturated heterocycles. The second-order valence-corrected chi connectivity index (χ2v) is 6.30. The summed E-state index contributed by atoms with van der Waals surface area (Å²) >= 11 is 0. The van der Waals surface area contributed by atoms with E-state index in [1.807, 2.05) is 0 Å². The molecule has 30 heavy (non-hydrogen) atoms. The lowest BCUT2D eigenvalue weighted by atomic mass is 9.87. The summed E-state index contributed by atoms with van der Waals surface area (Å²) < 4.78 is 18.9. The standard InChI is InChI=1S/C20H20FN3O6/c1-2-30-17(25)11-15(12-7-9-13(10-8-12)24(28)29)18(19(22)26)23-20(27)14-5-3-4-6-16(14)21/h3-10,15,18H,2,11H2,1H3,(H2,22,26)(H,23,27)/t15-,18-/m0/s1. The number of nitrogens with one attached hydrogen (secondary N) is 1. The number of ether oxygens (including phenoxy) is 1. The molecule has 0 saturated carbocycles. The molecule has 0 aliphatic carbocycles. The van der Waals surface area contributed by atoms with E-state index in [9.17, 15) is 28.9 Å². The van der Waals surface area contributed by atoms with E-state index in [0.29, 0.717) is 5.56 Å². The summed E-state index contributed by atoms with van der Waals surface area (Å²) in [7, 11) is 0. The Kier molecular flexibility index (Phi) is 7.56. The molecule has 2 aromatic rings. The Morgan fingerprint density at radius 3 is 2.33 bits per heavy atom. The maximum atomic E-state index is 13.9. The molecule has 0 unspecified atom stereocenters. The van der Waals surface area contributed by atoms with Crippen LogP contribution in [0.15, 0.2) is 48.5 Å². The third-order valence-corrected chi connectivity index (χ3v) is 4.34. The summed E-state index contributed by atoms with van der Waals surface area (Å²) in [6, 6.07) is 8.87. The van der Waals surface area contributed by atoms with Gasteiger partial charge in [-0.25, -0.2) is 4.39 Å². The molecule has 3 N–H and O–H groups in total. The van der Waals surface area contributed by atoms with E-state index in [1.165, 1.54) is 42.5 Å². The van der Waals surface area contributed by atoms with Crippen molar-refractivity contribution in [3.63, 3.8) is 0 Å². The summed E-state index contributed by atoms with van der Waals surface area (Å²) in [4.78, 5) is 47.0. The van der Waals surface area contributed by atoms with Crippen molar-refractivity contribution < 1.29 is 28.4 Å². The number of nitro benzene ring substituents is 1. The van der Waals surface area contributed by atoms with E-state index in [-0.39, 0.29) is 24.3 Å². The third kappa shape index (κ3) is 5.60. The Labute approximate surface area is 171 Å². The number of halogens is 1. The van der Waals surface area contributed by atoms with E-state index in [2.05, 4.69) is 5.32 Å². The van der Waals surface area contributed by atoms with Gasteiger partial charge in [-0.05, 0) is 24.6 Å². The van der Waals surface area contributed by atoms with Crippen LogP contribution >= 0.6 is 0 Å². The van der Waals surface area contributed by atoms with Gasteiger partial charge in [0.2, 0.25) is 5.91 Å². The molecule has 10 heteroatoms. The van der Waals surface area contributed by atoms with Crippen LogP contribution in [0, 0.1) is 15.9 Å². The molecule has 2 amide bonds. The molecular formula is C20H20FN3O6. The first-order valence-electron chi connectivity index (χ1n) is 8.99. The molecule has 2 atom stereocenters. The molecule has 158 valence electrons. The number of carbonyl (C=O) groups is 3. The van der Waals surface area contributed by atoms with E-state index < -0.39 is 40.5 Å². The Bertz CT molecular complexity index is 948. The number of nitrogens with zero attached hydrogens (tertiary/aromatic N) is 1. The first kappa shape index (κ1) is 22.5. The van der Waals surface area contributed by atoms with Crippen molar-refractivity contribution in [1.29, 1.82) is 0 Å². The van der Waals surface area contributed by atoms with Crippen LogP contribution < -0.4 is 11.1 Å². The van der Waals surface area contributed by atoms with Crippen molar-refractivity contribution in [1.82, 2.24) is 5.32 Å². The number of amides is 2. The molecule has 9 nitrogen and oxygen atoms in total. The van der Waals surface area contributed by atoms with Crippen molar-refractivity contribution in [2.24, 2.45) is 5.73 Å². The Morgan fingerprint density at radius 1 is 1.17 bits per heavy atom. The minimum atomic E-state index is -1.40. The van der Waals surface area contributed by atoms with E-state index in [4.69, 9.17) is 10.5 Å². The number of primary amides is 1. The van der Waals surface area contributed by atoms with Gasteiger partial charge >= 0.3 is 5.97 Å². The lowest BCUT2D eigenvalue weighted by Gasteiger charge is -2.25. The van der Waals surface area contributed by atoms with Crippen molar-refractivity contribution in [2.45, 2.75) is 25.3 Å². The molecule has 0 fully saturated rings. The second-order valence-electron chi connectivity index (χ2n) is 6.30. The molecule has 0 aliphatic rings. The maximum absolute atomic E-state index is 13.9. The van der Waals surface area contributed by atoms with Crippen LogP contribution in [0.1, 0.15) is 35.2 Å². The normalized spacial score (nSPS) is 12.5. The Morgan fingerprint density at radius 2 is 1.80 bits per heavy atom. The summed E-state index contributed by atoms with van der Waals surface area (Å²) in [5.41, 5.74) is 5.30. The summed E-state index contributed by atoms with van der Waals surface area (Å²) in [6.45, 7) is 1.69. The number of esters is 1. The summed E-state index contributed by atoms with van der Waals surface area (Å²) in [6.07, 6.45) is -0.336. The first-order chi connectivity index (χ1) is 14.2. The molecule has 2 rings (SSSR count). The van der Waals surface area contributed by atoms with Gasteiger partial charge in [0, 0.05) is 18.1 Å². The highest BCUT2D eigenvalue weighted by Gasteiger charge is 2.33. The van der Waals surface area contributed by atoms with Gasteiger partial charge in [-0.1, -0.05) is 24.3 Å².